The van der Waals surface area contributed by atoms with Gasteiger partial charge in [0, 0.05) is 10.4 Å². The van der Waals surface area contributed by atoms with Crippen molar-refractivity contribution in [3.05, 3.63) is 59.0 Å². The SMILES string of the molecule is CCOc1ccccc1-c1nc2c(s1)CCc1ccccc1-2. The summed E-state index contributed by atoms with van der Waals surface area (Å²) in [5.41, 5.74) is 4.96. The normalized spacial score (nSPS) is 12.6. The molecule has 0 saturated heterocycles. The summed E-state index contributed by atoms with van der Waals surface area (Å²) in [5, 5.41) is 1.06. The molecule has 110 valence electrons. The molecular formula is C19H17NOS. The van der Waals surface area contributed by atoms with Gasteiger partial charge in [0.1, 0.15) is 10.8 Å². The van der Waals surface area contributed by atoms with Gasteiger partial charge in [-0.2, -0.15) is 0 Å². The summed E-state index contributed by atoms with van der Waals surface area (Å²) in [6.45, 7) is 2.69. The van der Waals surface area contributed by atoms with Crippen molar-refractivity contribution < 1.29 is 4.74 Å². The minimum Gasteiger partial charge on any atom is -0.493 e. The highest BCUT2D eigenvalue weighted by Gasteiger charge is 2.21. The van der Waals surface area contributed by atoms with Crippen LogP contribution in [0, 0.1) is 0 Å². The van der Waals surface area contributed by atoms with E-state index in [1.54, 1.807) is 11.3 Å². The fraction of sp³-hybridized carbons (Fsp3) is 0.211. The van der Waals surface area contributed by atoms with Gasteiger partial charge >= 0.3 is 0 Å². The fourth-order valence-electron chi connectivity index (χ4n) is 2.99. The van der Waals surface area contributed by atoms with E-state index in [1.165, 1.54) is 16.0 Å². The Bertz CT molecular complexity index is 822. The molecule has 1 aromatic heterocycles. The van der Waals surface area contributed by atoms with Gasteiger partial charge in [-0.05, 0) is 37.5 Å². The Kier molecular flexibility index (Phi) is 3.43. The number of aryl methyl sites for hydroxylation is 2. The molecule has 3 heteroatoms. The molecule has 0 bridgehead atoms. The Morgan fingerprint density at radius 3 is 2.64 bits per heavy atom. The van der Waals surface area contributed by atoms with Gasteiger partial charge in [-0.15, -0.1) is 11.3 Å². The molecule has 1 aliphatic rings. The van der Waals surface area contributed by atoms with Gasteiger partial charge in [0.15, 0.2) is 0 Å². The Labute approximate surface area is 134 Å². The van der Waals surface area contributed by atoms with Crippen LogP contribution in [0.5, 0.6) is 5.75 Å². The van der Waals surface area contributed by atoms with Gasteiger partial charge in [0.25, 0.3) is 0 Å². The first-order chi connectivity index (χ1) is 10.9. The van der Waals surface area contributed by atoms with Crippen LogP contribution in [-0.4, -0.2) is 11.6 Å². The average molecular weight is 307 g/mol. The van der Waals surface area contributed by atoms with E-state index in [0.29, 0.717) is 6.61 Å². The average Bonchev–Trinajstić information content (AvgIpc) is 3.00. The Morgan fingerprint density at radius 2 is 1.77 bits per heavy atom. The van der Waals surface area contributed by atoms with Crippen molar-refractivity contribution >= 4 is 11.3 Å². The zero-order chi connectivity index (χ0) is 14.9. The maximum atomic E-state index is 5.76. The number of rotatable bonds is 3. The summed E-state index contributed by atoms with van der Waals surface area (Å²) >= 11 is 1.80. The maximum absolute atomic E-state index is 5.76. The molecule has 0 amide bonds. The monoisotopic (exact) mass is 307 g/mol. The number of ether oxygens (including phenoxy) is 1. The Morgan fingerprint density at radius 1 is 1.00 bits per heavy atom. The van der Waals surface area contributed by atoms with E-state index < -0.39 is 0 Å². The molecule has 3 aromatic rings. The highest BCUT2D eigenvalue weighted by Crippen LogP contribution is 2.41. The van der Waals surface area contributed by atoms with Crippen molar-refractivity contribution in [1.29, 1.82) is 0 Å². The van der Waals surface area contributed by atoms with Crippen LogP contribution in [0.15, 0.2) is 48.5 Å². The van der Waals surface area contributed by atoms with Crippen LogP contribution >= 0.6 is 11.3 Å². The number of benzene rings is 2. The third-order valence-corrected chi connectivity index (χ3v) is 5.16. The number of para-hydroxylation sites is 1. The summed E-state index contributed by atoms with van der Waals surface area (Å²) in [7, 11) is 0. The van der Waals surface area contributed by atoms with Crippen molar-refractivity contribution in [2.45, 2.75) is 19.8 Å². The molecule has 22 heavy (non-hydrogen) atoms. The number of hydrogen-bond donors (Lipinski definition) is 0. The summed E-state index contributed by atoms with van der Waals surface area (Å²) in [5.74, 6) is 0.921. The van der Waals surface area contributed by atoms with Crippen molar-refractivity contribution in [2.75, 3.05) is 6.61 Å². The molecule has 0 fully saturated rings. The minimum atomic E-state index is 0.672. The Balaban J connectivity index is 1.83. The van der Waals surface area contributed by atoms with E-state index in [1.807, 2.05) is 25.1 Å². The topological polar surface area (TPSA) is 22.1 Å². The van der Waals surface area contributed by atoms with Gasteiger partial charge in [-0.3, -0.25) is 0 Å². The summed E-state index contributed by atoms with van der Waals surface area (Å²) < 4.78 is 5.76. The molecule has 2 nitrogen and oxygen atoms in total. The first-order valence-electron chi connectivity index (χ1n) is 7.67. The molecule has 4 rings (SSSR count). The van der Waals surface area contributed by atoms with Crippen LogP contribution in [0.25, 0.3) is 21.8 Å². The molecule has 0 unspecified atom stereocenters. The number of hydrogen-bond acceptors (Lipinski definition) is 3. The van der Waals surface area contributed by atoms with Gasteiger partial charge in [0.2, 0.25) is 0 Å². The number of nitrogens with zero attached hydrogens (tertiary/aromatic N) is 1. The van der Waals surface area contributed by atoms with Gasteiger partial charge < -0.3 is 4.74 Å². The molecule has 0 atom stereocenters. The lowest BCUT2D eigenvalue weighted by atomic mass is 9.94. The van der Waals surface area contributed by atoms with Crippen LogP contribution in [0.2, 0.25) is 0 Å². The zero-order valence-corrected chi connectivity index (χ0v) is 13.3. The van der Waals surface area contributed by atoms with Crippen LogP contribution in [-0.2, 0) is 12.8 Å². The quantitative estimate of drug-likeness (QED) is 0.681. The molecule has 0 aliphatic heterocycles. The van der Waals surface area contributed by atoms with Gasteiger partial charge in [-0.25, -0.2) is 4.98 Å². The van der Waals surface area contributed by atoms with Crippen molar-refractivity contribution in [3.8, 4) is 27.6 Å². The first kappa shape index (κ1) is 13.5. The Hall–Kier alpha value is -2.13. The lowest BCUT2D eigenvalue weighted by Crippen LogP contribution is -2.01. The van der Waals surface area contributed by atoms with Gasteiger partial charge in [-0.1, -0.05) is 36.4 Å². The van der Waals surface area contributed by atoms with E-state index in [0.717, 1.165) is 34.9 Å². The second kappa shape index (κ2) is 5.58. The second-order valence-corrected chi connectivity index (χ2v) is 6.46. The standard InChI is InChI=1S/C19H17NOS/c1-2-21-16-10-6-5-9-15(16)19-20-18-14-8-4-3-7-13(14)11-12-17(18)22-19/h3-10H,2,11-12H2,1H3. The van der Waals surface area contributed by atoms with Crippen molar-refractivity contribution in [3.63, 3.8) is 0 Å². The summed E-state index contributed by atoms with van der Waals surface area (Å²) in [6.07, 6.45) is 2.19. The molecule has 1 heterocycles. The largest absolute Gasteiger partial charge is 0.493 e. The summed E-state index contributed by atoms with van der Waals surface area (Å²) in [6, 6.07) is 16.8. The van der Waals surface area contributed by atoms with Crippen molar-refractivity contribution in [1.82, 2.24) is 4.98 Å². The van der Waals surface area contributed by atoms with Crippen molar-refractivity contribution in [2.24, 2.45) is 0 Å². The van der Waals surface area contributed by atoms with Gasteiger partial charge in [0.05, 0.1) is 17.9 Å². The zero-order valence-electron chi connectivity index (χ0n) is 12.5. The fourth-order valence-corrected chi connectivity index (χ4v) is 4.09. The molecule has 0 radical (unpaired) electrons. The maximum Gasteiger partial charge on any atom is 0.129 e. The lowest BCUT2D eigenvalue weighted by molar-refractivity contribution is 0.341. The van der Waals surface area contributed by atoms with Crippen LogP contribution in [0.4, 0.5) is 0 Å². The highest BCUT2D eigenvalue weighted by atomic mass is 32.1. The molecule has 2 aromatic carbocycles. The lowest BCUT2D eigenvalue weighted by Gasteiger charge is -2.13. The number of fused-ring (bicyclic) bond motifs is 3. The number of aromatic nitrogens is 1. The second-order valence-electron chi connectivity index (χ2n) is 5.38. The van der Waals surface area contributed by atoms with E-state index in [2.05, 4.69) is 30.3 Å². The molecule has 0 N–H and O–H groups in total. The van der Waals surface area contributed by atoms with E-state index in [4.69, 9.17) is 9.72 Å². The highest BCUT2D eigenvalue weighted by molar-refractivity contribution is 7.15. The van der Waals surface area contributed by atoms with Crippen LogP contribution in [0.1, 0.15) is 17.4 Å². The van der Waals surface area contributed by atoms with E-state index in [-0.39, 0.29) is 0 Å². The minimum absolute atomic E-state index is 0.672. The van der Waals surface area contributed by atoms with Crippen LogP contribution < -0.4 is 4.74 Å². The van der Waals surface area contributed by atoms with E-state index in [9.17, 15) is 0 Å². The molecule has 0 saturated carbocycles. The third-order valence-electron chi connectivity index (χ3n) is 4.01. The summed E-state index contributed by atoms with van der Waals surface area (Å²) in [4.78, 5) is 6.33. The third kappa shape index (κ3) is 2.22. The predicted molar refractivity (Wildman–Crippen MR) is 91.6 cm³/mol. The van der Waals surface area contributed by atoms with Crippen LogP contribution in [0.3, 0.4) is 0 Å². The number of thiazole rings is 1. The first-order valence-corrected chi connectivity index (χ1v) is 8.48. The molecule has 0 spiro atoms. The molecular weight excluding hydrogens is 290 g/mol. The predicted octanol–water partition coefficient (Wildman–Crippen LogP) is 4.97. The smallest absolute Gasteiger partial charge is 0.129 e. The van der Waals surface area contributed by atoms with E-state index >= 15 is 0 Å². The molecule has 1 aliphatic carbocycles.